The molecule has 0 spiro atoms. The van der Waals surface area contributed by atoms with Gasteiger partial charge in [0.25, 0.3) is 0 Å². The van der Waals surface area contributed by atoms with E-state index in [-0.39, 0.29) is 0 Å². The molecule has 2 aromatic rings. The average molecular weight is 397 g/mol. The summed E-state index contributed by atoms with van der Waals surface area (Å²) >= 11 is 2.29. The predicted octanol–water partition coefficient (Wildman–Crippen LogP) is 4.28. The van der Waals surface area contributed by atoms with Gasteiger partial charge in [-0.15, -0.1) is 0 Å². The summed E-state index contributed by atoms with van der Waals surface area (Å²) in [6, 6.07) is 7.90. The minimum absolute atomic E-state index is 0.670. The summed E-state index contributed by atoms with van der Waals surface area (Å²) in [7, 11) is 0. The number of nitrogens with one attached hydrogen (secondary N) is 1. The molecule has 1 heterocycles. The predicted molar refractivity (Wildman–Crippen MR) is 94.9 cm³/mol. The molecule has 0 aliphatic rings. The Morgan fingerprint density at radius 1 is 1.14 bits per heavy atom. The van der Waals surface area contributed by atoms with Gasteiger partial charge in [-0.1, -0.05) is 6.92 Å². The first-order chi connectivity index (χ1) is 10.2. The number of aromatic nitrogens is 2. The lowest BCUT2D eigenvalue weighted by atomic mass is 10.2. The molecule has 112 valence electrons. The van der Waals surface area contributed by atoms with Crippen LogP contribution in [-0.2, 0) is 0 Å². The third-order valence-electron chi connectivity index (χ3n) is 2.98. The van der Waals surface area contributed by atoms with Crippen molar-refractivity contribution in [3.63, 3.8) is 0 Å². The summed E-state index contributed by atoms with van der Waals surface area (Å²) in [5.41, 5.74) is 1.99. The fourth-order valence-corrected chi connectivity index (χ4v) is 2.35. The molecule has 0 saturated carbocycles. The SMILES string of the molecule is CCCNc1nc(-c2ccc(OCC)cc2)nc(C)c1I. The Balaban J connectivity index is 2.32. The van der Waals surface area contributed by atoms with Crippen LogP contribution >= 0.6 is 22.6 Å². The Hall–Kier alpha value is -1.37. The van der Waals surface area contributed by atoms with Gasteiger partial charge in [-0.3, -0.25) is 0 Å². The van der Waals surface area contributed by atoms with Gasteiger partial charge in [0.1, 0.15) is 11.6 Å². The maximum atomic E-state index is 5.46. The number of rotatable bonds is 6. The van der Waals surface area contributed by atoms with Crippen LogP contribution in [0.2, 0.25) is 0 Å². The van der Waals surface area contributed by atoms with Gasteiger partial charge in [-0.25, -0.2) is 9.97 Å². The van der Waals surface area contributed by atoms with E-state index in [2.05, 4.69) is 44.8 Å². The molecular formula is C16H20IN3O. The van der Waals surface area contributed by atoms with Crippen LogP contribution in [0.5, 0.6) is 5.75 Å². The zero-order valence-electron chi connectivity index (χ0n) is 12.6. The quantitative estimate of drug-likeness (QED) is 0.740. The Morgan fingerprint density at radius 3 is 2.48 bits per heavy atom. The average Bonchev–Trinajstić information content (AvgIpc) is 2.50. The van der Waals surface area contributed by atoms with Gasteiger partial charge in [0.2, 0.25) is 0 Å². The second-order valence-corrected chi connectivity index (χ2v) is 5.76. The topological polar surface area (TPSA) is 47.0 Å². The summed E-state index contributed by atoms with van der Waals surface area (Å²) < 4.78 is 6.54. The number of hydrogen-bond acceptors (Lipinski definition) is 4. The van der Waals surface area contributed by atoms with Crippen molar-refractivity contribution in [2.75, 3.05) is 18.5 Å². The van der Waals surface area contributed by atoms with E-state index >= 15 is 0 Å². The Kier molecular flexibility index (Phi) is 5.78. The smallest absolute Gasteiger partial charge is 0.161 e. The van der Waals surface area contributed by atoms with Crippen molar-refractivity contribution in [3.05, 3.63) is 33.5 Å². The van der Waals surface area contributed by atoms with E-state index in [1.807, 2.05) is 38.1 Å². The summed E-state index contributed by atoms with van der Waals surface area (Å²) in [5.74, 6) is 2.52. The summed E-state index contributed by atoms with van der Waals surface area (Å²) in [5, 5.41) is 3.36. The van der Waals surface area contributed by atoms with Gasteiger partial charge in [0.15, 0.2) is 5.82 Å². The van der Waals surface area contributed by atoms with E-state index < -0.39 is 0 Å². The van der Waals surface area contributed by atoms with Crippen molar-refractivity contribution < 1.29 is 4.74 Å². The largest absolute Gasteiger partial charge is 0.494 e. The second-order valence-electron chi connectivity index (χ2n) is 4.68. The summed E-state index contributed by atoms with van der Waals surface area (Å²) in [4.78, 5) is 9.23. The lowest BCUT2D eigenvalue weighted by molar-refractivity contribution is 0.340. The molecule has 2 rings (SSSR count). The number of ether oxygens (including phenoxy) is 1. The Morgan fingerprint density at radius 2 is 1.86 bits per heavy atom. The van der Waals surface area contributed by atoms with Crippen molar-refractivity contribution in [3.8, 4) is 17.1 Å². The molecule has 1 aromatic heterocycles. The minimum atomic E-state index is 0.670. The third kappa shape index (κ3) is 4.06. The van der Waals surface area contributed by atoms with E-state index in [9.17, 15) is 0 Å². The number of nitrogens with zero attached hydrogens (tertiary/aromatic N) is 2. The maximum absolute atomic E-state index is 5.46. The first kappa shape index (κ1) is 16.0. The fourth-order valence-electron chi connectivity index (χ4n) is 1.92. The lowest BCUT2D eigenvalue weighted by Gasteiger charge is -2.11. The Labute approximate surface area is 139 Å². The van der Waals surface area contributed by atoms with Crippen LogP contribution < -0.4 is 10.1 Å². The van der Waals surface area contributed by atoms with Crippen LogP contribution in [0.3, 0.4) is 0 Å². The molecule has 0 amide bonds. The highest BCUT2D eigenvalue weighted by Crippen LogP contribution is 2.25. The molecule has 1 aromatic carbocycles. The lowest BCUT2D eigenvalue weighted by Crippen LogP contribution is -2.07. The van der Waals surface area contributed by atoms with E-state index in [4.69, 9.17) is 4.74 Å². The zero-order chi connectivity index (χ0) is 15.2. The molecule has 21 heavy (non-hydrogen) atoms. The number of anilines is 1. The highest BCUT2D eigenvalue weighted by molar-refractivity contribution is 14.1. The molecule has 0 unspecified atom stereocenters. The first-order valence-corrected chi connectivity index (χ1v) is 8.24. The Bertz CT molecular complexity index is 599. The van der Waals surface area contributed by atoms with E-state index in [1.54, 1.807) is 0 Å². The molecule has 5 heteroatoms. The van der Waals surface area contributed by atoms with E-state index in [1.165, 1.54) is 0 Å². The molecule has 4 nitrogen and oxygen atoms in total. The zero-order valence-corrected chi connectivity index (χ0v) is 14.8. The van der Waals surface area contributed by atoms with E-state index in [0.717, 1.165) is 45.2 Å². The van der Waals surface area contributed by atoms with Crippen molar-refractivity contribution in [1.29, 1.82) is 0 Å². The highest BCUT2D eigenvalue weighted by Gasteiger charge is 2.10. The van der Waals surface area contributed by atoms with Gasteiger partial charge in [-0.2, -0.15) is 0 Å². The fraction of sp³-hybridized carbons (Fsp3) is 0.375. The minimum Gasteiger partial charge on any atom is -0.494 e. The molecule has 0 radical (unpaired) electrons. The monoisotopic (exact) mass is 397 g/mol. The number of halogens is 1. The molecule has 0 atom stereocenters. The molecule has 0 aliphatic carbocycles. The van der Waals surface area contributed by atoms with Crippen LogP contribution in [0.25, 0.3) is 11.4 Å². The van der Waals surface area contributed by atoms with Crippen molar-refractivity contribution >= 4 is 28.4 Å². The van der Waals surface area contributed by atoms with Crippen LogP contribution in [0.15, 0.2) is 24.3 Å². The van der Waals surface area contributed by atoms with Gasteiger partial charge in [-0.05, 0) is 67.1 Å². The summed E-state index contributed by atoms with van der Waals surface area (Å²) in [6.07, 6.45) is 1.07. The first-order valence-electron chi connectivity index (χ1n) is 7.17. The standard InChI is InChI=1S/C16H20IN3O/c1-4-10-18-16-14(17)11(3)19-15(20-16)12-6-8-13(9-7-12)21-5-2/h6-9H,4-5,10H2,1-3H3,(H,18,19,20). The van der Waals surface area contributed by atoms with Crippen LogP contribution in [-0.4, -0.2) is 23.1 Å². The molecule has 0 fully saturated rings. The summed E-state index contributed by atoms with van der Waals surface area (Å²) in [6.45, 7) is 7.71. The van der Waals surface area contributed by atoms with Crippen LogP contribution in [0, 0.1) is 10.5 Å². The number of benzene rings is 1. The highest BCUT2D eigenvalue weighted by atomic mass is 127. The number of hydrogen-bond donors (Lipinski definition) is 1. The van der Waals surface area contributed by atoms with Crippen molar-refractivity contribution in [2.45, 2.75) is 27.2 Å². The van der Waals surface area contributed by atoms with Gasteiger partial charge in [0, 0.05) is 12.1 Å². The third-order valence-corrected chi connectivity index (χ3v) is 4.27. The maximum Gasteiger partial charge on any atom is 0.161 e. The van der Waals surface area contributed by atoms with Crippen LogP contribution in [0.1, 0.15) is 26.0 Å². The molecule has 0 aliphatic heterocycles. The molecule has 0 saturated heterocycles. The number of aryl methyl sites for hydroxylation is 1. The van der Waals surface area contributed by atoms with Gasteiger partial charge < -0.3 is 10.1 Å². The van der Waals surface area contributed by atoms with Crippen molar-refractivity contribution in [1.82, 2.24) is 9.97 Å². The van der Waals surface area contributed by atoms with Crippen molar-refractivity contribution in [2.24, 2.45) is 0 Å². The molecular weight excluding hydrogens is 377 g/mol. The van der Waals surface area contributed by atoms with Crippen LogP contribution in [0.4, 0.5) is 5.82 Å². The second kappa shape index (κ2) is 7.59. The van der Waals surface area contributed by atoms with Gasteiger partial charge in [0.05, 0.1) is 15.9 Å². The van der Waals surface area contributed by atoms with E-state index in [0.29, 0.717) is 6.61 Å². The molecule has 1 N–H and O–H groups in total. The molecule has 0 bridgehead atoms. The van der Waals surface area contributed by atoms with Gasteiger partial charge >= 0.3 is 0 Å². The normalized spacial score (nSPS) is 10.5.